The molecule has 6 nitrogen and oxygen atoms in total. The van der Waals surface area contributed by atoms with Gasteiger partial charge in [0, 0.05) is 12.2 Å². The molecule has 0 saturated carbocycles. The van der Waals surface area contributed by atoms with Crippen LogP contribution in [0, 0.1) is 0 Å². The molecule has 24 heavy (non-hydrogen) atoms. The van der Waals surface area contributed by atoms with E-state index in [0.29, 0.717) is 17.9 Å². The lowest BCUT2D eigenvalue weighted by Gasteiger charge is -2.22. The smallest absolute Gasteiger partial charge is 0.257 e. The largest absolute Gasteiger partial charge is 0.398 e. The van der Waals surface area contributed by atoms with Crippen molar-refractivity contribution in [3.63, 3.8) is 0 Å². The summed E-state index contributed by atoms with van der Waals surface area (Å²) in [6.45, 7) is 1.37. The van der Waals surface area contributed by atoms with E-state index in [0.717, 1.165) is 43.3 Å². The topological polar surface area (TPSA) is 90.7 Å². The molecule has 3 rings (SSSR count). The lowest BCUT2D eigenvalue weighted by Crippen LogP contribution is -2.22. The highest BCUT2D eigenvalue weighted by atomic mass is 32.2. The lowest BCUT2D eigenvalue weighted by molar-refractivity contribution is -0.161. The van der Waals surface area contributed by atoms with E-state index in [9.17, 15) is 8.42 Å². The number of fused-ring (bicyclic) bond motifs is 1. The summed E-state index contributed by atoms with van der Waals surface area (Å²) in [7, 11) is -3.50. The van der Waals surface area contributed by atoms with Gasteiger partial charge in [0.1, 0.15) is 0 Å². The summed E-state index contributed by atoms with van der Waals surface area (Å²) in [6, 6.07) is 5.40. The Morgan fingerprint density at radius 3 is 3.04 bits per heavy atom. The fourth-order valence-electron chi connectivity index (χ4n) is 2.85. The van der Waals surface area contributed by atoms with Crippen LogP contribution in [-0.2, 0) is 19.5 Å². The van der Waals surface area contributed by atoms with Crippen LogP contribution in [0.25, 0.3) is 11.8 Å². The average molecular weight is 350 g/mol. The Morgan fingerprint density at radius 2 is 2.25 bits per heavy atom. The van der Waals surface area contributed by atoms with E-state index in [1.807, 2.05) is 18.2 Å². The van der Waals surface area contributed by atoms with E-state index >= 15 is 0 Å². The molecule has 1 unspecified atom stereocenters. The Hall–Kier alpha value is -1.83. The van der Waals surface area contributed by atoms with Gasteiger partial charge in [-0.2, -0.15) is 0 Å². The number of benzene rings is 1. The molecule has 0 spiro atoms. The molecule has 7 heteroatoms. The fraction of sp³-hybridized carbons (Fsp3) is 0.412. The summed E-state index contributed by atoms with van der Waals surface area (Å²) in [5.41, 5.74) is 8.25. The van der Waals surface area contributed by atoms with Crippen molar-refractivity contribution in [2.24, 2.45) is 5.73 Å². The molecule has 1 aromatic carbocycles. The Balaban J connectivity index is 1.62. The van der Waals surface area contributed by atoms with Crippen LogP contribution in [0.2, 0.25) is 0 Å². The monoisotopic (exact) mass is 350 g/mol. The van der Waals surface area contributed by atoms with Crippen molar-refractivity contribution in [2.45, 2.75) is 32.0 Å². The summed E-state index contributed by atoms with van der Waals surface area (Å²) >= 11 is 0. The van der Waals surface area contributed by atoms with Gasteiger partial charge >= 0.3 is 0 Å². The molecule has 2 heterocycles. The van der Waals surface area contributed by atoms with E-state index in [2.05, 4.69) is 4.72 Å². The van der Waals surface area contributed by atoms with E-state index in [-0.39, 0.29) is 12.0 Å². The number of nitrogens with one attached hydrogen (secondary N) is 1. The Labute approximate surface area is 142 Å². The van der Waals surface area contributed by atoms with Crippen LogP contribution >= 0.6 is 0 Å². The molecule has 0 radical (unpaired) electrons. The van der Waals surface area contributed by atoms with Gasteiger partial charge in [0.25, 0.3) is 10.0 Å². The zero-order valence-corrected chi connectivity index (χ0v) is 14.2. The van der Waals surface area contributed by atoms with Gasteiger partial charge in [-0.25, -0.2) is 8.42 Å². The van der Waals surface area contributed by atoms with Gasteiger partial charge in [-0.15, -0.1) is 0 Å². The molecular formula is C17H22N2O4S. The van der Waals surface area contributed by atoms with Crippen LogP contribution in [0.15, 0.2) is 29.7 Å². The third kappa shape index (κ3) is 4.17. The second kappa shape index (κ2) is 7.38. The summed E-state index contributed by atoms with van der Waals surface area (Å²) < 4.78 is 37.0. The number of rotatable bonds is 5. The van der Waals surface area contributed by atoms with Crippen LogP contribution in [0.1, 0.15) is 36.8 Å². The van der Waals surface area contributed by atoms with Crippen molar-refractivity contribution in [2.75, 3.05) is 17.9 Å². The third-order valence-corrected chi connectivity index (χ3v) is 5.01. The first-order valence-corrected chi connectivity index (χ1v) is 9.63. The highest BCUT2D eigenvalue weighted by Crippen LogP contribution is 2.31. The van der Waals surface area contributed by atoms with Crippen molar-refractivity contribution in [3.05, 3.63) is 40.8 Å². The molecule has 2 aliphatic heterocycles. The highest BCUT2D eigenvalue weighted by Gasteiger charge is 2.21. The SMILES string of the molecule is NC1=CS(=O)(=O)Nc2cccc(/C=C/CCOC3CCCCO3)c21. The maximum Gasteiger partial charge on any atom is 0.257 e. The van der Waals surface area contributed by atoms with Gasteiger partial charge < -0.3 is 15.2 Å². The Morgan fingerprint density at radius 1 is 1.38 bits per heavy atom. The molecule has 0 amide bonds. The number of ether oxygens (including phenoxy) is 2. The van der Waals surface area contributed by atoms with Crippen molar-refractivity contribution < 1.29 is 17.9 Å². The zero-order chi connectivity index (χ0) is 17.0. The number of sulfonamides is 1. The molecule has 0 aromatic heterocycles. The van der Waals surface area contributed by atoms with Crippen LogP contribution in [0.3, 0.4) is 0 Å². The first-order valence-electron chi connectivity index (χ1n) is 8.08. The predicted molar refractivity (Wildman–Crippen MR) is 94.3 cm³/mol. The van der Waals surface area contributed by atoms with Gasteiger partial charge in [-0.3, -0.25) is 4.72 Å². The number of hydrogen-bond donors (Lipinski definition) is 2. The van der Waals surface area contributed by atoms with Gasteiger partial charge in [0.2, 0.25) is 0 Å². The van der Waals surface area contributed by atoms with Gasteiger partial charge in [-0.05, 0) is 37.3 Å². The summed E-state index contributed by atoms with van der Waals surface area (Å²) in [4.78, 5) is 0. The molecule has 0 aliphatic carbocycles. The van der Waals surface area contributed by atoms with Gasteiger partial charge in [-0.1, -0.05) is 24.3 Å². The fourth-order valence-corrected chi connectivity index (χ4v) is 3.83. The van der Waals surface area contributed by atoms with E-state index in [1.54, 1.807) is 12.1 Å². The van der Waals surface area contributed by atoms with Crippen LogP contribution in [0.4, 0.5) is 5.69 Å². The second-order valence-electron chi connectivity index (χ2n) is 5.85. The molecule has 3 N–H and O–H groups in total. The van der Waals surface area contributed by atoms with Crippen molar-refractivity contribution >= 4 is 27.5 Å². The quantitative estimate of drug-likeness (QED) is 0.797. The van der Waals surface area contributed by atoms with E-state index < -0.39 is 10.0 Å². The minimum Gasteiger partial charge on any atom is -0.398 e. The predicted octanol–water partition coefficient (Wildman–Crippen LogP) is 2.65. The lowest BCUT2D eigenvalue weighted by atomic mass is 10.0. The summed E-state index contributed by atoms with van der Waals surface area (Å²) in [5.74, 6) is 0. The van der Waals surface area contributed by atoms with Crippen molar-refractivity contribution in [3.8, 4) is 0 Å². The normalized spacial score (nSPS) is 22.7. The Bertz CT molecular complexity index is 750. The van der Waals surface area contributed by atoms with Crippen molar-refractivity contribution in [1.29, 1.82) is 0 Å². The third-order valence-electron chi connectivity index (χ3n) is 3.94. The van der Waals surface area contributed by atoms with Crippen LogP contribution in [0.5, 0.6) is 0 Å². The van der Waals surface area contributed by atoms with E-state index in [4.69, 9.17) is 15.2 Å². The molecule has 0 bridgehead atoms. The molecule has 1 aromatic rings. The number of anilines is 1. The molecule has 2 aliphatic rings. The van der Waals surface area contributed by atoms with Crippen LogP contribution < -0.4 is 10.5 Å². The minimum absolute atomic E-state index is 0.0791. The molecule has 1 saturated heterocycles. The average Bonchev–Trinajstić information content (AvgIpc) is 2.54. The molecule has 130 valence electrons. The van der Waals surface area contributed by atoms with Gasteiger partial charge in [0.05, 0.1) is 23.4 Å². The maximum absolute atomic E-state index is 11.7. The zero-order valence-electron chi connectivity index (χ0n) is 13.4. The standard InChI is InChI=1S/C17H22N2O4S/c18-14-12-24(20,21)19-15-8-5-7-13(17(14)15)6-1-3-10-22-16-9-2-4-11-23-16/h1,5-8,12,16,19H,2-4,9-11,18H2/b6-1+. The minimum atomic E-state index is -3.50. The first-order chi connectivity index (χ1) is 11.6. The molecule has 1 atom stereocenters. The Kier molecular flexibility index (Phi) is 5.23. The number of nitrogens with two attached hydrogens (primary N) is 1. The first kappa shape index (κ1) is 17.0. The van der Waals surface area contributed by atoms with Gasteiger partial charge in [0.15, 0.2) is 6.29 Å². The van der Waals surface area contributed by atoms with Crippen LogP contribution in [-0.4, -0.2) is 27.9 Å². The molecular weight excluding hydrogens is 328 g/mol. The second-order valence-corrected chi connectivity index (χ2v) is 7.38. The van der Waals surface area contributed by atoms with Crippen molar-refractivity contribution in [1.82, 2.24) is 0 Å². The van der Waals surface area contributed by atoms with E-state index in [1.165, 1.54) is 0 Å². The summed E-state index contributed by atoms with van der Waals surface area (Å²) in [5, 5.41) is 1.05. The number of hydrogen-bond acceptors (Lipinski definition) is 5. The summed E-state index contributed by atoms with van der Waals surface area (Å²) in [6.07, 6.45) is 7.81. The highest BCUT2D eigenvalue weighted by molar-refractivity contribution is 7.95. The maximum atomic E-state index is 11.7. The molecule has 1 fully saturated rings.